The van der Waals surface area contributed by atoms with Crippen molar-refractivity contribution < 1.29 is 27.9 Å². The van der Waals surface area contributed by atoms with Gasteiger partial charge in [0.1, 0.15) is 6.04 Å². The van der Waals surface area contributed by atoms with Gasteiger partial charge >= 0.3 is 5.97 Å². The summed E-state index contributed by atoms with van der Waals surface area (Å²) >= 11 is 0. The standard InChI is InChI=1S/C16H22N2O6S/c1-2-3-14(16(20)21)17-25(22,23)13-6-4-12(5-7-13)15(19)18-8-10-24-11-9-18/h4-7,14,17H,2-3,8-11H2,1H3,(H,20,21). The summed E-state index contributed by atoms with van der Waals surface area (Å²) in [5.41, 5.74) is 0.379. The number of ether oxygens (including phenoxy) is 1. The number of carboxylic acids is 1. The summed E-state index contributed by atoms with van der Waals surface area (Å²) in [6.07, 6.45) is 0.731. The lowest BCUT2D eigenvalue weighted by atomic mass is 10.2. The van der Waals surface area contributed by atoms with Crippen LogP contribution in [0.25, 0.3) is 0 Å². The fourth-order valence-corrected chi connectivity index (χ4v) is 3.73. The lowest BCUT2D eigenvalue weighted by molar-refractivity contribution is -0.139. The van der Waals surface area contributed by atoms with E-state index in [0.29, 0.717) is 38.3 Å². The van der Waals surface area contributed by atoms with E-state index in [-0.39, 0.29) is 17.2 Å². The molecule has 0 radical (unpaired) electrons. The molecule has 1 aromatic carbocycles. The molecule has 8 nitrogen and oxygen atoms in total. The first-order chi connectivity index (χ1) is 11.8. The molecule has 0 bridgehead atoms. The van der Waals surface area contributed by atoms with Crippen LogP contribution in [0.2, 0.25) is 0 Å². The number of nitrogens with zero attached hydrogens (tertiary/aromatic N) is 1. The predicted octanol–water partition coefficient (Wildman–Crippen LogP) is 0.691. The normalized spacial score (nSPS) is 16.4. The number of carbonyl (C=O) groups is 2. The molecule has 0 aliphatic carbocycles. The molecular weight excluding hydrogens is 348 g/mol. The maximum atomic E-state index is 12.3. The Morgan fingerprint density at radius 1 is 1.24 bits per heavy atom. The summed E-state index contributed by atoms with van der Waals surface area (Å²) in [7, 11) is -3.97. The SMILES string of the molecule is CCCC(NS(=O)(=O)c1ccc(C(=O)N2CCOCC2)cc1)C(=O)O. The third kappa shape index (κ3) is 5.00. The third-order valence-corrected chi connectivity index (χ3v) is 5.37. The Hall–Kier alpha value is -1.97. The van der Waals surface area contributed by atoms with E-state index in [9.17, 15) is 18.0 Å². The van der Waals surface area contributed by atoms with E-state index in [1.807, 2.05) is 0 Å². The number of aliphatic carboxylic acids is 1. The Labute approximate surface area is 146 Å². The van der Waals surface area contributed by atoms with Crippen molar-refractivity contribution in [2.45, 2.75) is 30.7 Å². The van der Waals surface area contributed by atoms with Crippen molar-refractivity contribution in [2.75, 3.05) is 26.3 Å². The second-order valence-corrected chi connectivity index (χ2v) is 7.44. The highest BCUT2D eigenvalue weighted by Crippen LogP contribution is 2.14. The first-order valence-corrected chi connectivity index (χ1v) is 9.55. The highest BCUT2D eigenvalue weighted by Gasteiger charge is 2.25. The maximum absolute atomic E-state index is 12.3. The number of carboxylic acid groups (broad SMARTS) is 1. The Morgan fingerprint density at radius 2 is 1.84 bits per heavy atom. The van der Waals surface area contributed by atoms with Gasteiger partial charge in [-0.25, -0.2) is 8.42 Å². The number of hydrogen-bond acceptors (Lipinski definition) is 5. The van der Waals surface area contributed by atoms with Crippen molar-refractivity contribution in [3.63, 3.8) is 0 Å². The molecule has 1 atom stereocenters. The van der Waals surface area contributed by atoms with E-state index < -0.39 is 22.0 Å². The molecule has 1 amide bonds. The highest BCUT2D eigenvalue weighted by molar-refractivity contribution is 7.89. The fourth-order valence-electron chi connectivity index (χ4n) is 2.50. The van der Waals surface area contributed by atoms with E-state index in [1.165, 1.54) is 24.3 Å². The summed E-state index contributed by atoms with van der Waals surface area (Å²) < 4.78 is 32.0. The number of nitrogens with one attached hydrogen (secondary N) is 1. The summed E-state index contributed by atoms with van der Waals surface area (Å²) in [5.74, 6) is -1.40. The average Bonchev–Trinajstić information content (AvgIpc) is 2.61. The third-order valence-electron chi connectivity index (χ3n) is 3.88. The number of morpholine rings is 1. The van der Waals surface area contributed by atoms with Gasteiger partial charge in [-0.3, -0.25) is 9.59 Å². The molecular formula is C16H22N2O6S. The van der Waals surface area contributed by atoms with Crippen LogP contribution in [0, 0.1) is 0 Å². The smallest absolute Gasteiger partial charge is 0.321 e. The Balaban J connectivity index is 2.12. The number of benzene rings is 1. The zero-order valence-corrected chi connectivity index (χ0v) is 14.8. The van der Waals surface area contributed by atoms with Crippen LogP contribution in [0.15, 0.2) is 29.2 Å². The van der Waals surface area contributed by atoms with Crippen molar-refractivity contribution >= 4 is 21.9 Å². The monoisotopic (exact) mass is 370 g/mol. The lowest BCUT2D eigenvalue weighted by Crippen LogP contribution is -2.41. The first kappa shape index (κ1) is 19.4. The van der Waals surface area contributed by atoms with Gasteiger partial charge in [0.2, 0.25) is 10.0 Å². The summed E-state index contributed by atoms with van der Waals surface area (Å²) in [6.45, 7) is 3.73. The predicted molar refractivity (Wildman–Crippen MR) is 89.8 cm³/mol. The molecule has 1 unspecified atom stereocenters. The quantitative estimate of drug-likeness (QED) is 0.730. The van der Waals surface area contributed by atoms with Crippen LogP contribution in [0.1, 0.15) is 30.1 Å². The number of amides is 1. The van der Waals surface area contributed by atoms with Gasteiger partial charge in [-0.15, -0.1) is 0 Å². The van der Waals surface area contributed by atoms with E-state index in [2.05, 4.69) is 4.72 Å². The zero-order chi connectivity index (χ0) is 18.4. The molecule has 25 heavy (non-hydrogen) atoms. The lowest BCUT2D eigenvalue weighted by Gasteiger charge is -2.26. The number of sulfonamides is 1. The van der Waals surface area contributed by atoms with Crippen LogP contribution in [-0.2, 0) is 19.6 Å². The van der Waals surface area contributed by atoms with Crippen LogP contribution in [0.4, 0.5) is 0 Å². The van der Waals surface area contributed by atoms with Crippen LogP contribution in [0.3, 0.4) is 0 Å². The number of rotatable bonds is 7. The minimum absolute atomic E-state index is 0.0756. The fraction of sp³-hybridized carbons (Fsp3) is 0.500. The van der Waals surface area contributed by atoms with Crippen LogP contribution in [0.5, 0.6) is 0 Å². The van der Waals surface area contributed by atoms with Crippen molar-refractivity contribution in [1.82, 2.24) is 9.62 Å². The number of hydrogen-bond donors (Lipinski definition) is 2. The van der Waals surface area contributed by atoms with Gasteiger partial charge in [0.25, 0.3) is 5.91 Å². The van der Waals surface area contributed by atoms with Crippen LogP contribution >= 0.6 is 0 Å². The molecule has 138 valence electrons. The van der Waals surface area contributed by atoms with Crippen molar-refractivity contribution in [3.05, 3.63) is 29.8 Å². The molecule has 0 aromatic heterocycles. The Bertz CT molecular complexity index is 711. The second-order valence-electron chi connectivity index (χ2n) is 5.73. The molecule has 1 heterocycles. The molecule has 1 saturated heterocycles. The van der Waals surface area contributed by atoms with Crippen LogP contribution in [-0.4, -0.2) is 62.6 Å². The van der Waals surface area contributed by atoms with Gasteiger partial charge in [0.05, 0.1) is 18.1 Å². The van der Waals surface area contributed by atoms with E-state index >= 15 is 0 Å². The molecule has 1 aliphatic heterocycles. The molecule has 1 aromatic rings. The maximum Gasteiger partial charge on any atom is 0.321 e. The summed E-state index contributed by atoms with van der Waals surface area (Å²) in [4.78, 5) is 25.0. The minimum atomic E-state index is -3.97. The average molecular weight is 370 g/mol. The minimum Gasteiger partial charge on any atom is -0.480 e. The number of carbonyl (C=O) groups excluding carboxylic acids is 1. The molecule has 0 saturated carbocycles. The highest BCUT2D eigenvalue weighted by atomic mass is 32.2. The molecule has 2 rings (SSSR count). The summed E-state index contributed by atoms with van der Waals surface area (Å²) in [6, 6.07) is 4.30. The molecule has 9 heteroatoms. The molecule has 2 N–H and O–H groups in total. The van der Waals surface area contributed by atoms with Crippen LogP contribution < -0.4 is 4.72 Å². The Morgan fingerprint density at radius 3 is 2.36 bits per heavy atom. The van der Waals surface area contributed by atoms with Gasteiger partial charge in [-0.1, -0.05) is 13.3 Å². The van der Waals surface area contributed by atoms with Gasteiger partial charge in [-0.2, -0.15) is 4.72 Å². The topological polar surface area (TPSA) is 113 Å². The first-order valence-electron chi connectivity index (χ1n) is 8.07. The second kappa shape index (κ2) is 8.41. The molecule has 0 spiro atoms. The largest absolute Gasteiger partial charge is 0.480 e. The van der Waals surface area contributed by atoms with Gasteiger partial charge < -0.3 is 14.7 Å². The van der Waals surface area contributed by atoms with Gasteiger partial charge in [0.15, 0.2) is 0 Å². The molecule has 1 aliphatic rings. The van der Waals surface area contributed by atoms with Crippen molar-refractivity contribution in [2.24, 2.45) is 0 Å². The molecule has 1 fully saturated rings. The van der Waals surface area contributed by atoms with Crippen molar-refractivity contribution in [1.29, 1.82) is 0 Å². The van der Waals surface area contributed by atoms with E-state index in [4.69, 9.17) is 9.84 Å². The van der Waals surface area contributed by atoms with E-state index in [0.717, 1.165) is 0 Å². The summed E-state index contributed by atoms with van der Waals surface area (Å²) in [5, 5.41) is 9.09. The van der Waals surface area contributed by atoms with Gasteiger partial charge in [-0.05, 0) is 30.7 Å². The van der Waals surface area contributed by atoms with Gasteiger partial charge in [0, 0.05) is 18.7 Å². The van der Waals surface area contributed by atoms with E-state index in [1.54, 1.807) is 11.8 Å². The Kier molecular flexibility index (Phi) is 6.51. The zero-order valence-electron chi connectivity index (χ0n) is 14.0. The van der Waals surface area contributed by atoms with Crippen molar-refractivity contribution in [3.8, 4) is 0 Å².